The van der Waals surface area contributed by atoms with Gasteiger partial charge in [0.2, 0.25) is 5.91 Å². The molecule has 0 bridgehead atoms. The Labute approximate surface area is 198 Å². The molecule has 4 nitrogen and oxygen atoms in total. The van der Waals surface area contributed by atoms with E-state index in [1.807, 2.05) is 59.5 Å². The number of amides is 2. The molecule has 0 radical (unpaired) electrons. The van der Waals surface area contributed by atoms with E-state index >= 15 is 0 Å². The van der Waals surface area contributed by atoms with Gasteiger partial charge in [0.1, 0.15) is 0 Å². The SMILES string of the molecule is O=C(Cc1ccc(N(Cc2ccccc2)C(=O)c2ccc(Cl)cc2Cl)cc1)N1CCCC1. The summed E-state index contributed by atoms with van der Waals surface area (Å²) >= 11 is 12.3. The third-order valence-electron chi connectivity index (χ3n) is 5.65. The lowest BCUT2D eigenvalue weighted by Gasteiger charge is -2.24. The monoisotopic (exact) mass is 466 g/mol. The Morgan fingerprint density at radius 1 is 0.844 bits per heavy atom. The van der Waals surface area contributed by atoms with E-state index in [9.17, 15) is 9.59 Å². The third-order valence-corrected chi connectivity index (χ3v) is 6.20. The molecule has 1 fully saturated rings. The highest BCUT2D eigenvalue weighted by molar-refractivity contribution is 6.37. The molecule has 3 aromatic rings. The van der Waals surface area contributed by atoms with Crippen molar-refractivity contribution in [2.45, 2.75) is 25.8 Å². The van der Waals surface area contributed by atoms with E-state index in [1.165, 1.54) is 0 Å². The Balaban J connectivity index is 1.59. The number of rotatable bonds is 6. The number of hydrogen-bond acceptors (Lipinski definition) is 2. The second-order valence-corrected chi connectivity index (χ2v) is 8.78. The molecule has 0 atom stereocenters. The van der Waals surface area contributed by atoms with Gasteiger partial charge < -0.3 is 9.80 Å². The summed E-state index contributed by atoms with van der Waals surface area (Å²) in [7, 11) is 0. The van der Waals surface area contributed by atoms with Crippen molar-refractivity contribution in [3.8, 4) is 0 Å². The summed E-state index contributed by atoms with van der Waals surface area (Å²) in [5.41, 5.74) is 3.06. The molecule has 0 saturated carbocycles. The predicted molar refractivity (Wildman–Crippen MR) is 129 cm³/mol. The van der Waals surface area contributed by atoms with E-state index < -0.39 is 0 Å². The molecule has 0 spiro atoms. The predicted octanol–water partition coefficient (Wildman–Crippen LogP) is 6.01. The van der Waals surface area contributed by atoms with Gasteiger partial charge in [0.25, 0.3) is 5.91 Å². The molecule has 6 heteroatoms. The van der Waals surface area contributed by atoms with Gasteiger partial charge in [0.15, 0.2) is 0 Å². The summed E-state index contributed by atoms with van der Waals surface area (Å²) in [6.07, 6.45) is 2.53. The van der Waals surface area contributed by atoms with Crippen molar-refractivity contribution in [2.24, 2.45) is 0 Å². The molecular formula is C26H24Cl2N2O2. The molecule has 1 heterocycles. The minimum atomic E-state index is -0.212. The molecule has 0 unspecified atom stereocenters. The van der Waals surface area contributed by atoms with Crippen LogP contribution in [-0.2, 0) is 17.8 Å². The topological polar surface area (TPSA) is 40.6 Å². The zero-order valence-corrected chi connectivity index (χ0v) is 19.1. The molecule has 1 saturated heterocycles. The van der Waals surface area contributed by atoms with Crippen LogP contribution < -0.4 is 4.90 Å². The summed E-state index contributed by atoms with van der Waals surface area (Å²) in [6, 6.07) is 22.3. The maximum atomic E-state index is 13.5. The number of carbonyl (C=O) groups excluding carboxylic acids is 2. The molecule has 1 aliphatic heterocycles. The van der Waals surface area contributed by atoms with E-state index in [1.54, 1.807) is 23.1 Å². The Hall–Kier alpha value is -2.82. The molecule has 4 rings (SSSR count). The largest absolute Gasteiger partial charge is 0.342 e. The maximum Gasteiger partial charge on any atom is 0.260 e. The lowest BCUT2D eigenvalue weighted by atomic mass is 10.1. The van der Waals surface area contributed by atoms with Crippen LogP contribution >= 0.6 is 23.2 Å². The van der Waals surface area contributed by atoms with Crippen LogP contribution in [0, 0.1) is 0 Å². The van der Waals surface area contributed by atoms with E-state index in [2.05, 4.69) is 0 Å². The first kappa shape index (κ1) is 22.4. The van der Waals surface area contributed by atoms with Crippen molar-refractivity contribution >= 4 is 40.7 Å². The van der Waals surface area contributed by atoms with E-state index in [-0.39, 0.29) is 11.8 Å². The lowest BCUT2D eigenvalue weighted by Crippen LogP contribution is -2.31. The standard InChI is InChI=1S/C26H24Cl2N2O2/c27-21-10-13-23(24(28)17-21)26(32)30(18-20-6-2-1-3-7-20)22-11-8-19(9-12-22)16-25(31)29-14-4-5-15-29/h1-3,6-13,17H,4-5,14-16,18H2. The van der Waals surface area contributed by atoms with Crippen molar-refractivity contribution in [2.75, 3.05) is 18.0 Å². The molecule has 0 aromatic heterocycles. The summed E-state index contributed by atoms with van der Waals surface area (Å²) < 4.78 is 0. The average Bonchev–Trinajstić information content (AvgIpc) is 3.34. The highest BCUT2D eigenvalue weighted by Gasteiger charge is 2.22. The fourth-order valence-electron chi connectivity index (χ4n) is 3.90. The molecule has 32 heavy (non-hydrogen) atoms. The summed E-state index contributed by atoms with van der Waals surface area (Å²) in [6.45, 7) is 2.08. The number of hydrogen-bond donors (Lipinski definition) is 0. The van der Waals surface area contributed by atoms with Crippen LogP contribution in [0.25, 0.3) is 0 Å². The number of halogens is 2. The quantitative estimate of drug-likeness (QED) is 0.446. The normalized spacial score (nSPS) is 13.2. The number of anilines is 1. The van der Waals surface area contributed by atoms with Crippen molar-refractivity contribution in [1.82, 2.24) is 4.90 Å². The summed E-state index contributed by atoms with van der Waals surface area (Å²) in [4.78, 5) is 29.5. The maximum absolute atomic E-state index is 13.5. The van der Waals surface area contributed by atoms with Gasteiger partial charge in [-0.1, -0.05) is 65.7 Å². The molecule has 0 N–H and O–H groups in total. The molecule has 2 amide bonds. The van der Waals surface area contributed by atoms with Gasteiger partial charge in [-0.2, -0.15) is 0 Å². The Kier molecular flexibility index (Phi) is 7.13. The Morgan fingerprint density at radius 2 is 1.53 bits per heavy atom. The van der Waals surface area contributed by atoms with Gasteiger partial charge in [-0.05, 0) is 54.3 Å². The van der Waals surface area contributed by atoms with Gasteiger partial charge >= 0.3 is 0 Å². The number of benzene rings is 3. The smallest absolute Gasteiger partial charge is 0.260 e. The summed E-state index contributed by atoms with van der Waals surface area (Å²) in [5, 5.41) is 0.793. The molecule has 164 valence electrons. The first-order valence-electron chi connectivity index (χ1n) is 10.7. The highest BCUT2D eigenvalue weighted by atomic mass is 35.5. The van der Waals surface area contributed by atoms with E-state index in [0.717, 1.165) is 42.7 Å². The van der Waals surface area contributed by atoms with Crippen LogP contribution in [-0.4, -0.2) is 29.8 Å². The summed E-state index contributed by atoms with van der Waals surface area (Å²) in [5.74, 6) is -0.0585. The zero-order valence-electron chi connectivity index (χ0n) is 17.6. The van der Waals surface area contributed by atoms with E-state index in [4.69, 9.17) is 23.2 Å². The van der Waals surface area contributed by atoms with Gasteiger partial charge in [-0.3, -0.25) is 9.59 Å². The fraction of sp³-hybridized carbons (Fsp3) is 0.231. The minimum Gasteiger partial charge on any atom is -0.342 e. The van der Waals surface area contributed by atoms with Crippen LogP contribution in [0.15, 0.2) is 72.8 Å². The van der Waals surface area contributed by atoms with Crippen molar-refractivity contribution in [3.05, 3.63) is 99.5 Å². The van der Waals surface area contributed by atoms with Crippen molar-refractivity contribution in [3.63, 3.8) is 0 Å². The minimum absolute atomic E-state index is 0.153. The van der Waals surface area contributed by atoms with Crippen LogP contribution in [0.3, 0.4) is 0 Å². The molecule has 0 aliphatic carbocycles. The van der Waals surface area contributed by atoms with Gasteiger partial charge in [0.05, 0.1) is 23.6 Å². The van der Waals surface area contributed by atoms with Crippen LogP contribution in [0.4, 0.5) is 5.69 Å². The number of nitrogens with zero attached hydrogens (tertiary/aromatic N) is 2. The van der Waals surface area contributed by atoms with Crippen LogP contribution in [0.2, 0.25) is 10.0 Å². The first-order chi connectivity index (χ1) is 15.5. The van der Waals surface area contributed by atoms with E-state index in [0.29, 0.717) is 28.6 Å². The van der Waals surface area contributed by atoms with Crippen LogP contribution in [0.1, 0.15) is 34.3 Å². The van der Waals surface area contributed by atoms with Crippen molar-refractivity contribution < 1.29 is 9.59 Å². The van der Waals surface area contributed by atoms with Gasteiger partial charge in [-0.25, -0.2) is 0 Å². The number of likely N-dealkylation sites (tertiary alicyclic amines) is 1. The lowest BCUT2D eigenvalue weighted by molar-refractivity contribution is -0.129. The fourth-order valence-corrected chi connectivity index (χ4v) is 4.39. The third kappa shape index (κ3) is 5.32. The highest BCUT2D eigenvalue weighted by Crippen LogP contribution is 2.27. The van der Waals surface area contributed by atoms with Gasteiger partial charge in [-0.15, -0.1) is 0 Å². The Morgan fingerprint density at radius 3 is 2.19 bits per heavy atom. The van der Waals surface area contributed by atoms with Crippen LogP contribution in [0.5, 0.6) is 0 Å². The molecule has 1 aliphatic rings. The number of carbonyl (C=O) groups is 2. The molecular weight excluding hydrogens is 443 g/mol. The molecule has 3 aromatic carbocycles. The second-order valence-electron chi connectivity index (χ2n) is 7.93. The zero-order chi connectivity index (χ0) is 22.5. The van der Waals surface area contributed by atoms with Crippen molar-refractivity contribution in [1.29, 1.82) is 0 Å². The first-order valence-corrected chi connectivity index (χ1v) is 11.4. The Bertz CT molecular complexity index is 1090. The average molecular weight is 467 g/mol. The van der Waals surface area contributed by atoms with Gasteiger partial charge in [0, 0.05) is 23.8 Å². The second kappa shape index (κ2) is 10.2.